The molecule has 1 saturated heterocycles. The van der Waals surface area contributed by atoms with Crippen molar-refractivity contribution >= 4 is 5.91 Å². The Labute approximate surface area is 143 Å². The molecule has 3 aromatic rings. The van der Waals surface area contributed by atoms with E-state index in [0.717, 1.165) is 5.56 Å². The Kier molecular flexibility index (Phi) is 3.89. The molecular weight excluding hydrogens is 323 g/mol. The first kappa shape index (κ1) is 15.3. The fourth-order valence-electron chi connectivity index (χ4n) is 2.64. The van der Waals surface area contributed by atoms with Crippen molar-refractivity contribution in [2.24, 2.45) is 0 Å². The molecule has 0 saturated carbocycles. The van der Waals surface area contributed by atoms with E-state index in [4.69, 9.17) is 4.74 Å². The zero-order valence-corrected chi connectivity index (χ0v) is 13.2. The van der Waals surface area contributed by atoms with Gasteiger partial charge in [0.2, 0.25) is 5.88 Å². The van der Waals surface area contributed by atoms with E-state index in [-0.39, 0.29) is 17.8 Å². The van der Waals surface area contributed by atoms with Gasteiger partial charge in [0.1, 0.15) is 17.6 Å². The summed E-state index contributed by atoms with van der Waals surface area (Å²) in [4.78, 5) is 18.2. The number of carbonyl (C=O) groups excluding carboxylic acids is 1. The third-order valence-electron chi connectivity index (χ3n) is 4.01. The molecule has 6 nitrogen and oxygen atoms in total. The number of halogens is 1. The van der Waals surface area contributed by atoms with Gasteiger partial charge in [-0.2, -0.15) is 5.10 Å². The molecule has 1 amide bonds. The first-order valence-corrected chi connectivity index (χ1v) is 7.87. The third-order valence-corrected chi connectivity index (χ3v) is 4.01. The van der Waals surface area contributed by atoms with Gasteiger partial charge in [-0.15, -0.1) is 0 Å². The Morgan fingerprint density at radius 2 is 2.00 bits per heavy atom. The molecule has 0 radical (unpaired) electrons. The van der Waals surface area contributed by atoms with Crippen LogP contribution in [0.3, 0.4) is 0 Å². The van der Waals surface area contributed by atoms with Crippen LogP contribution < -0.4 is 4.74 Å². The van der Waals surface area contributed by atoms with Crippen molar-refractivity contribution in [3.8, 4) is 17.1 Å². The Morgan fingerprint density at radius 3 is 2.72 bits per heavy atom. The molecule has 1 N–H and O–H groups in total. The van der Waals surface area contributed by atoms with Gasteiger partial charge >= 0.3 is 0 Å². The van der Waals surface area contributed by atoms with Gasteiger partial charge in [-0.25, -0.2) is 9.37 Å². The normalized spacial score (nSPS) is 14.2. The van der Waals surface area contributed by atoms with E-state index in [2.05, 4.69) is 15.2 Å². The van der Waals surface area contributed by atoms with Crippen molar-refractivity contribution < 1.29 is 13.9 Å². The molecule has 1 fully saturated rings. The van der Waals surface area contributed by atoms with Crippen molar-refractivity contribution in [2.45, 2.75) is 6.10 Å². The van der Waals surface area contributed by atoms with Crippen LogP contribution in [-0.4, -0.2) is 45.2 Å². The molecule has 1 aliphatic rings. The average molecular weight is 338 g/mol. The van der Waals surface area contributed by atoms with E-state index in [0.29, 0.717) is 30.4 Å². The number of aromatic nitrogens is 3. The quantitative estimate of drug-likeness (QED) is 0.793. The van der Waals surface area contributed by atoms with Crippen molar-refractivity contribution in [1.29, 1.82) is 0 Å². The molecule has 25 heavy (non-hydrogen) atoms. The maximum atomic E-state index is 13.0. The second kappa shape index (κ2) is 6.35. The molecule has 1 aliphatic heterocycles. The lowest BCUT2D eigenvalue weighted by Crippen LogP contribution is -2.56. The van der Waals surface area contributed by atoms with E-state index < -0.39 is 0 Å². The highest BCUT2D eigenvalue weighted by Crippen LogP contribution is 2.21. The molecule has 126 valence electrons. The molecule has 0 unspecified atom stereocenters. The number of nitrogens with one attached hydrogen (secondary N) is 1. The molecule has 7 heteroatoms. The first-order chi connectivity index (χ1) is 12.2. The minimum atomic E-state index is -0.310. The maximum absolute atomic E-state index is 13.0. The lowest BCUT2D eigenvalue weighted by molar-refractivity contribution is 0.0156. The monoisotopic (exact) mass is 338 g/mol. The SMILES string of the molecule is O=C(c1cc(-c2ccc(F)cc2)n[nH]1)N1CC(Oc2ccccn2)C1. The first-order valence-electron chi connectivity index (χ1n) is 7.87. The predicted octanol–water partition coefficient (Wildman–Crippen LogP) is 2.51. The summed E-state index contributed by atoms with van der Waals surface area (Å²) in [6.45, 7) is 1.00. The molecule has 0 atom stereocenters. The minimum Gasteiger partial charge on any atom is -0.471 e. The van der Waals surface area contributed by atoms with Crippen molar-refractivity contribution in [3.05, 3.63) is 66.2 Å². The summed E-state index contributed by atoms with van der Waals surface area (Å²) in [5.74, 6) is 0.108. The smallest absolute Gasteiger partial charge is 0.272 e. The Morgan fingerprint density at radius 1 is 1.20 bits per heavy atom. The number of nitrogens with zero attached hydrogens (tertiary/aromatic N) is 3. The fourth-order valence-corrected chi connectivity index (χ4v) is 2.64. The highest BCUT2D eigenvalue weighted by atomic mass is 19.1. The summed E-state index contributed by atoms with van der Waals surface area (Å²) in [7, 11) is 0. The number of rotatable bonds is 4. The van der Waals surface area contributed by atoms with Crippen molar-refractivity contribution in [1.82, 2.24) is 20.1 Å². The summed E-state index contributed by atoms with van der Waals surface area (Å²) in [5.41, 5.74) is 1.75. The van der Waals surface area contributed by atoms with Gasteiger partial charge in [-0.05, 0) is 36.4 Å². The van der Waals surface area contributed by atoms with Crippen LogP contribution in [0.5, 0.6) is 5.88 Å². The molecule has 2 aromatic heterocycles. The fraction of sp³-hybridized carbons (Fsp3) is 0.167. The summed E-state index contributed by atoms with van der Waals surface area (Å²) in [6.07, 6.45) is 1.61. The van der Waals surface area contributed by atoms with Crippen molar-refractivity contribution in [3.63, 3.8) is 0 Å². The standard InChI is InChI=1S/C18H15FN4O2/c19-13-6-4-12(5-7-13)15-9-16(22-21-15)18(24)23-10-14(11-23)25-17-3-1-2-8-20-17/h1-9,14H,10-11H2,(H,21,22). The number of carbonyl (C=O) groups is 1. The molecule has 1 aromatic carbocycles. The summed E-state index contributed by atoms with van der Waals surface area (Å²) in [5, 5.41) is 6.87. The number of hydrogen-bond donors (Lipinski definition) is 1. The zero-order chi connectivity index (χ0) is 17.2. The number of likely N-dealkylation sites (tertiary alicyclic amines) is 1. The van der Waals surface area contributed by atoms with E-state index in [9.17, 15) is 9.18 Å². The number of H-pyrrole nitrogens is 1. The molecule has 0 aliphatic carbocycles. The van der Waals surface area contributed by atoms with Crippen LogP contribution in [0.1, 0.15) is 10.5 Å². The highest BCUT2D eigenvalue weighted by Gasteiger charge is 2.33. The number of ether oxygens (including phenoxy) is 1. The highest BCUT2D eigenvalue weighted by molar-refractivity contribution is 5.94. The van der Waals surface area contributed by atoms with Gasteiger partial charge in [-0.1, -0.05) is 6.07 Å². The third kappa shape index (κ3) is 3.21. The van der Waals surface area contributed by atoms with Crippen LogP contribution >= 0.6 is 0 Å². The molecule has 0 spiro atoms. The lowest BCUT2D eigenvalue weighted by atomic mass is 10.1. The van der Waals surface area contributed by atoms with Gasteiger partial charge in [0, 0.05) is 17.8 Å². The van der Waals surface area contributed by atoms with Crippen LogP contribution in [-0.2, 0) is 0 Å². The summed E-state index contributed by atoms with van der Waals surface area (Å²) >= 11 is 0. The van der Waals surface area contributed by atoms with Crippen LogP contribution in [0, 0.1) is 5.82 Å². The van der Waals surface area contributed by atoms with E-state index >= 15 is 0 Å². The summed E-state index contributed by atoms with van der Waals surface area (Å²) < 4.78 is 18.7. The van der Waals surface area contributed by atoms with Crippen molar-refractivity contribution in [2.75, 3.05) is 13.1 Å². The molecule has 4 rings (SSSR count). The van der Waals surface area contributed by atoms with E-state index in [1.807, 2.05) is 12.1 Å². The van der Waals surface area contributed by atoms with Gasteiger partial charge < -0.3 is 9.64 Å². The molecule has 0 bridgehead atoms. The number of aromatic amines is 1. The maximum Gasteiger partial charge on any atom is 0.272 e. The van der Waals surface area contributed by atoms with Crippen LogP contribution in [0.25, 0.3) is 11.3 Å². The molecular formula is C18H15FN4O2. The van der Waals surface area contributed by atoms with Gasteiger partial charge in [0.25, 0.3) is 5.91 Å². The minimum absolute atomic E-state index is 0.0571. The summed E-state index contributed by atoms with van der Waals surface area (Å²) in [6, 6.07) is 13.1. The van der Waals surface area contributed by atoms with E-state index in [1.165, 1.54) is 12.1 Å². The van der Waals surface area contributed by atoms with Gasteiger partial charge in [0.15, 0.2) is 0 Å². The van der Waals surface area contributed by atoms with Gasteiger partial charge in [0.05, 0.1) is 18.8 Å². The number of amides is 1. The van der Waals surface area contributed by atoms with Crippen LogP contribution in [0.4, 0.5) is 4.39 Å². The second-order valence-corrected chi connectivity index (χ2v) is 5.79. The number of pyridine rings is 1. The van der Waals surface area contributed by atoms with Gasteiger partial charge in [-0.3, -0.25) is 9.89 Å². The van der Waals surface area contributed by atoms with Crippen LogP contribution in [0.2, 0.25) is 0 Å². The Bertz CT molecular complexity index is 874. The predicted molar refractivity (Wildman–Crippen MR) is 88.5 cm³/mol. The average Bonchev–Trinajstić information content (AvgIpc) is 3.09. The zero-order valence-electron chi connectivity index (χ0n) is 13.2. The topological polar surface area (TPSA) is 71.1 Å². The number of hydrogen-bond acceptors (Lipinski definition) is 4. The van der Waals surface area contributed by atoms with Crippen LogP contribution in [0.15, 0.2) is 54.7 Å². The molecule has 3 heterocycles. The Balaban J connectivity index is 1.37. The lowest BCUT2D eigenvalue weighted by Gasteiger charge is -2.38. The van der Waals surface area contributed by atoms with E-state index in [1.54, 1.807) is 35.4 Å². The largest absolute Gasteiger partial charge is 0.471 e. The second-order valence-electron chi connectivity index (χ2n) is 5.79. The number of benzene rings is 1. The Hall–Kier alpha value is -3.22.